The molecule has 116 valence electrons. The Bertz CT molecular complexity index is 421. The third kappa shape index (κ3) is 8.52. The zero-order chi connectivity index (χ0) is 15.3. The van der Waals surface area contributed by atoms with Gasteiger partial charge < -0.3 is 20.7 Å². The van der Waals surface area contributed by atoms with Gasteiger partial charge in [-0.2, -0.15) is 0 Å². The molecular formula is C15H23N3O3. The van der Waals surface area contributed by atoms with Gasteiger partial charge in [0.25, 0.3) is 0 Å². The third-order valence-corrected chi connectivity index (χ3v) is 2.76. The predicted molar refractivity (Wildman–Crippen MR) is 81.4 cm³/mol. The van der Waals surface area contributed by atoms with Crippen molar-refractivity contribution in [3.05, 3.63) is 29.8 Å². The first kappa shape index (κ1) is 16.8. The van der Waals surface area contributed by atoms with Gasteiger partial charge in [-0.15, -0.1) is 0 Å². The summed E-state index contributed by atoms with van der Waals surface area (Å²) in [5, 5.41) is 7.99. The first-order valence-electron chi connectivity index (χ1n) is 7.10. The van der Waals surface area contributed by atoms with Crippen molar-refractivity contribution in [2.24, 2.45) is 0 Å². The van der Waals surface area contributed by atoms with Gasteiger partial charge in [0.15, 0.2) is 0 Å². The number of carbonyl (C=O) groups is 2. The fraction of sp³-hybridized carbons (Fsp3) is 0.467. The lowest BCUT2D eigenvalue weighted by atomic mass is 10.2. The van der Waals surface area contributed by atoms with Crippen molar-refractivity contribution < 1.29 is 14.3 Å². The van der Waals surface area contributed by atoms with E-state index in [9.17, 15) is 9.59 Å². The van der Waals surface area contributed by atoms with Crippen LogP contribution in [-0.4, -0.2) is 38.7 Å². The molecular weight excluding hydrogens is 270 g/mol. The molecule has 1 aromatic carbocycles. The van der Waals surface area contributed by atoms with Crippen LogP contribution < -0.4 is 20.7 Å². The second-order valence-electron chi connectivity index (χ2n) is 4.62. The third-order valence-electron chi connectivity index (χ3n) is 2.76. The van der Waals surface area contributed by atoms with Gasteiger partial charge in [-0.1, -0.05) is 17.7 Å². The summed E-state index contributed by atoms with van der Waals surface area (Å²) in [6.07, 6.45) is 2.10. The highest BCUT2D eigenvalue weighted by Crippen LogP contribution is 2.11. The van der Waals surface area contributed by atoms with Crippen LogP contribution in [0.5, 0.6) is 5.75 Å². The highest BCUT2D eigenvalue weighted by molar-refractivity contribution is 5.73. The number of rotatable bonds is 10. The Kier molecular flexibility index (Phi) is 8.44. The topological polar surface area (TPSA) is 79.5 Å². The van der Waals surface area contributed by atoms with Crippen LogP contribution in [-0.2, 0) is 4.79 Å². The molecule has 0 radical (unpaired) electrons. The van der Waals surface area contributed by atoms with Crippen LogP contribution in [0, 0.1) is 6.92 Å². The molecule has 3 N–H and O–H groups in total. The number of amides is 3. The average molecular weight is 293 g/mol. The van der Waals surface area contributed by atoms with Crippen molar-refractivity contribution in [2.75, 3.05) is 26.2 Å². The summed E-state index contributed by atoms with van der Waals surface area (Å²) in [6, 6.07) is 7.67. The van der Waals surface area contributed by atoms with Gasteiger partial charge in [0.2, 0.25) is 6.41 Å². The smallest absolute Gasteiger partial charge is 0.314 e. The van der Waals surface area contributed by atoms with Gasteiger partial charge in [0.1, 0.15) is 5.75 Å². The molecule has 0 saturated heterocycles. The molecule has 0 bridgehead atoms. The molecule has 0 unspecified atom stereocenters. The number of aryl methyl sites for hydroxylation is 1. The molecule has 0 saturated carbocycles. The minimum Gasteiger partial charge on any atom is -0.494 e. The lowest BCUT2D eigenvalue weighted by molar-refractivity contribution is -0.109. The number of hydrogen-bond donors (Lipinski definition) is 3. The van der Waals surface area contributed by atoms with Crippen LogP contribution in [0.25, 0.3) is 0 Å². The van der Waals surface area contributed by atoms with Gasteiger partial charge in [-0.25, -0.2) is 4.79 Å². The SMILES string of the molecule is Cc1ccc(OCCCNC(=O)NCCCNC=O)cc1. The Morgan fingerprint density at radius 3 is 2.43 bits per heavy atom. The zero-order valence-electron chi connectivity index (χ0n) is 12.4. The molecule has 3 amide bonds. The number of hydrogen-bond acceptors (Lipinski definition) is 3. The van der Waals surface area contributed by atoms with Crippen LogP contribution in [0.1, 0.15) is 18.4 Å². The Morgan fingerprint density at radius 2 is 1.76 bits per heavy atom. The molecule has 1 rings (SSSR count). The van der Waals surface area contributed by atoms with Crippen molar-refractivity contribution in [3.8, 4) is 5.75 Å². The standard InChI is InChI=1S/C15H23N3O3/c1-13-4-6-14(7-5-13)21-11-3-10-18-15(20)17-9-2-8-16-12-19/h4-7,12H,2-3,8-11H2,1H3,(H,16,19)(H2,17,18,20). The number of ether oxygens (including phenoxy) is 1. The molecule has 21 heavy (non-hydrogen) atoms. The summed E-state index contributed by atoms with van der Waals surface area (Å²) >= 11 is 0. The number of nitrogens with one attached hydrogen (secondary N) is 3. The highest BCUT2D eigenvalue weighted by Gasteiger charge is 1.98. The first-order valence-corrected chi connectivity index (χ1v) is 7.10. The highest BCUT2D eigenvalue weighted by atomic mass is 16.5. The molecule has 0 atom stereocenters. The Hall–Kier alpha value is -2.24. The van der Waals surface area contributed by atoms with E-state index in [4.69, 9.17) is 4.74 Å². The normalized spacial score (nSPS) is 9.76. The van der Waals surface area contributed by atoms with Gasteiger partial charge in [0.05, 0.1) is 6.61 Å². The number of urea groups is 1. The lowest BCUT2D eigenvalue weighted by Gasteiger charge is -2.08. The monoisotopic (exact) mass is 293 g/mol. The molecule has 0 aliphatic rings. The van der Waals surface area contributed by atoms with Crippen molar-refractivity contribution in [3.63, 3.8) is 0 Å². The van der Waals surface area contributed by atoms with E-state index in [2.05, 4.69) is 16.0 Å². The Morgan fingerprint density at radius 1 is 1.10 bits per heavy atom. The summed E-state index contributed by atoms with van der Waals surface area (Å²) in [4.78, 5) is 21.4. The van der Waals surface area contributed by atoms with Crippen LogP contribution in [0.3, 0.4) is 0 Å². The van der Waals surface area contributed by atoms with Crippen molar-refractivity contribution in [2.45, 2.75) is 19.8 Å². The van der Waals surface area contributed by atoms with Gasteiger partial charge in [0, 0.05) is 19.6 Å². The first-order chi connectivity index (χ1) is 10.2. The maximum absolute atomic E-state index is 11.4. The number of benzene rings is 1. The lowest BCUT2D eigenvalue weighted by Crippen LogP contribution is -2.37. The summed E-state index contributed by atoms with van der Waals surface area (Å²) in [7, 11) is 0. The van der Waals surface area contributed by atoms with E-state index >= 15 is 0 Å². The minimum atomic E-state index is -0.198. The van der Waals surface area contributed by atoms with E-state index in [0.29, 0.717) is 39.1 Å². The minimum absolute atomic E-state index is 0.198. The van der Waals surface area contributed by atoms with Crippen molar-refractivity contribution in [1.29, 1.82) is 0 Å². The Labute approximate surface area is 125 Å². The van der Waals surface area contributed by atoms with Crippen LogP contribution >= 0.6 is 0 Å². The summed E-state index contributed by atoms with van der Waals surface area (Å²) in [5.74, 6) is 0.840. The van der Waals surface area contributed by atoms with E-state index in [-0.39, 0.29) is 6.03 Å². The molecule has 0 fully saturated rings. The van der Waals surface area contributed by atoms with Crippen molar-refractivity contribution >= 4 is 12.4 Å². The fourth-order valence-electron chi connectivity index (χ4n) is 1.61. The largest absolute Gasteiger partial charge is 0.494 e. The quantitative estimate of drug-likeness (QED) is 0.448. The van der Waals surface area contributed by atoms with Gasteiger partial charge in [-0.3, -0.25) is 4.79 Å². The van der Waals surface area contributed by atoms with E-state index in [1.807, 2.05) is 31.2 Å². The second kappa shape index (κ2) is 10.5. The Balaban J connectivity index is 1.97. The predicted octanol–water partition coefficient (Wildman–Crippen LogP) is 1.20. The maximum atomic E-state index is 11.4. The van der Waals surface area contributed by atoms with Crippen molar-refractivity contribution in [1.82, 2.24) is 16.0 Å². The molecule has 0 aromatic heterocycles. The average Bonchev–Trinajstić information content (AvgIpc) is 2.48. The zero-order valence-corrected chi connectivity index (χ0v) is 12.4. The van der Waals surface area contributed by atoms with E-state index in [0.717, 1.165) is 12.2 Å². The molecule has 6 heteroatoms. The van der Waals surface area contributed by atoms with Crippen LogP contribution in [0.4, 0.5) is 4.79 Å². The van der Waals surface area contributed by atoms with Crippen LogP contribution in [0.2, 0.25) is 0 Å². The second-order valence-corrected chi connectivity index (χ2v) is 4.62. The van der Waals surface area contributed by atoms with E-state index < -0.39 is 0 Å². The van der Waals surface area contributed by atoms with Gasteiger partial charge in [-0.05, 0) is 31.9 Å². The molecule has 1 aromatic rings. The summed E-state index contributed by atoms with van der Waals surface area (Å²) < 4.78 is 5.56. The molecule has 0 aliphatic heterocycles. The molecule has 0 heterocycles. The van der Waals surface area contributed by atoms with E-state index in [1.54, 1.807) is 0 Å². The molecule has 0 aliphatic carbocycles. The fourth-order valence-corrected chi connectivity index (χ4v) is 1.61. The van der Waals surface area contributed by atoms with Gasteiger partial charge >= 0.3 is 6.03 Å². The number of carbonyl (C=O) groups excluding carboxylic acids is 2. The van der Waals surface area contributed by atoms with E-state index in [1.165, 1.54) is 5.56 Å². The summed E-state index contributed by atoms with van der Waals surface area (Å²) in [5.41, 5.74) is 1.20. The molecule has 6 nitrogen and oxygen atoms in total. The summed E-state index contributed by atoms with van der Waals surface area (Å²) in [6.45, 7) is 4.25. The van der Waals surface area contributed by atoms with Crippen LogP contribution in [0.15, 0.2) is 24.3 Å². The molecule has 0 spiro atoms. The maximum Gasteiger partial charge on any atom is 0.314 e.